The fourth-order valence-electron chi connectivity index (χ4n) is 9.78. The van der Waals surface area contributed by atoms with Gasteiger partial charge in [0.1, 0.15) is 21.1 Å². The third kappa shape index (κ3) is 14.1. The van der Waals surface area contributed by atoms with E-state index in [4.69, 9.17) is 44.1 Å². The molecule has 6 heterocycles. The van der Waals surface area contributed by atoms with Gasteiger partial charge in [0.25, 0.3) is 0 Å². The summed E-state index contributed by atoms with van der Waals surface area (Å²) in [5.74, 6) is 1.76. The van der Waals surface area contributed by atoms with E-state index in [-0.39, 0.29) is 108 Å². The van der Waals surface area contributed by atoms with Crippen LogP contribution in [-0.2, 0) is 48.1 Å². The van der Waals surface area contributed by atoms with Gasteiger partial charge in [0.05, 0.1) is 73.9 Å². The first-order valence-corrected chi connectivity index (χ1v) is 29.3. The van der Waals surface area contributed by atoms with Crippen LogP contribution >= 0.6 is 0 Å². The van der Waals surface area contributed by atoms with Gasteiger partial charge in [0, 0.05) is 101 Å². The Hall–Kier alpha value is -6.11. The molecule has 23 nitrogen and oxygen atoms in total. The Morgan fingerprint density at radius 1 is 0.649 bits per heavy atom. The lowest BCUT2D eigenvalue weighted by atomic mass is 9.94. The van der Waals surface area contributed by atoms with Crippen molar-refractivity contribution in [3.05, 3.63) is 72.1 Å². The minimum Gasteiger partial charge on any atom is -0.396 e. The second kappa shape index (κ2) is 27.0. The van der Waals surface area contributed by atoms with Crippen LogP contribution in [-0.4, -0.2) is 175 Å². The molecule has 4 amide bonds. The van der Waals surface area contributed by atoms with E-state index in [0.717, 1.165) is 0 Å². The van der Waals surface area contributed by atoms with E-state index in [1.807, 2.05) is 19.9 Å². The van der Waals surface area contributed by atoms with Gasteiger partial charge in [0.15, 0.2) is 31.3 Å². The quantitative estimate of drug-likeness (QED) is 0.0763. The summed E-state index contributed by atoms with van der Waals surface area (Å²) in [6.45, 7) is 8.48. The minimum absolute atomic E-state index is 0.0344. The third-order valence-corrected chi connectivity index (χ3v) is 19.4. The van der Waals surface area contributed by atoms with Crippen molar-refractivity contribution in [2.75, 3.05) is 125 Å². The molecular weight excluding hydrogens is 1030 g/mol. The van der Waals surface area contributed by atoms with Crippen LogP contribution < -0.4 is 31.1 Å². The lowest BCUT2D eigenvalue weighted by molar-refractivity contribution is 0.0728. The molecule has 25 heteroatoms. The van der Waals surface area contributed by atoms with Crippen molar-refractivity contribution >= 4 is 54.7 Å². The Balaban J connectivity index is 0.000000224. The molecule has 4 aliphatic rings. The molecule has 4 saturated heterocycles. The van der Waals surface area contributed by atoms with Crippen LogP contribution in [0, 0.1) is 11.3 Å². The number of amides is 4. The molecule has 4 fully saturated rings. The number of nitriles is 1. The van der Waals surface area contributed by atoms with E-state index >= 15 is 0 Å². The second-order valence-electron chi connectivity index (χ2n) is 19.3. The molecule has 0 aliphatic carbocycles. The normalized spacial score (nSPS) is 19.4. The number of benzene rings is 2. The summed E-state index contributed by atoms with van der Waals surface area (Å²) in [6.07, 6.45) is 1.62. The number of anilines is 4. The molecular formula is C52H71N11O12S2. The number of morpholine rings is 2. The number of sulfone groups is 2. The fourth-order valence-corrected chi connectivity index (χ4v) is 14.0. The number of ether oxygens (including phenoxy) is 4. The molecule has 77 heavy (non-hydrogen) atoms. The van der Waals surface area contributed by atoms with Crippen LogP contribution in [0.4, 0.5) is 32.6 Å². The van der Waals surface area contributed by atoms with Gasteiger partial charge >= 0.3 is 12.1 Å². The topological polar surface area (TPSA) is 310 Å². The lowest BCUT2D eigenvalue weighted by Gasteiger charge is -2.38. The molecule has 0 bridgehead atoms. The van der Waals surface area contributed by atoms with Gasteiger partial charge < -0.3 is 60.2 Å². The maximum atomic E-state index is 13.8. The summed E-state index contributed by atoms with van der Waals surface area (Å²) < 4.78 is 74.9. The van der Waals surface area contributed by atoms with Crippen LogP contribution in [0.15, 0.2) is 60.7 Å². The summed E-state index contributed by atoms with van der Waals surface area (Å²) in [5, 5.41) is 37.9. The summed E-state index contributed by atoms with van der Waals surface area (Å²) in [5.41, 5.74) is 3.37. The second-order valence-corrected chi connectivity index (χ2v) is 24.1. The number of carbonyl (C=O) groups is 2. The van der Waals surface area contributed by atoms with Crippen LogP contribution in [0.1, 0.15) is 70.2 Å². The number of nitrogens with one attached hydrogen (secondary N) is 4. The predicted octanol–water partition coefficient (Wildman–Crippen LogP) is 4.13. The largest absolute Gasteiger partial charge is 0.396 e. The number of aliphatic hydroxyl groups excluding tert-OH is 2. The molecule has 0 unspecified atom stereocenters. The highest BCUT2D eigenvalue weighted by molar-refractivity contribution is 7.92. The number of aliphatic hydroxyl groups is 2. The van der Waals surface area contributed by atoms with Crippen molar-refractivity contribution < 1.29 is 55.6 Å². The lowest BCUT2D eigenvalue weighted by Crippen LogP contribution is -2.46. The molecule has 4 aromatic rings. The number of hydrogen-bond acceptors (Lipinski definition) is 19. The fraction of sp³-hybridized carbons (Fsp3) is 0.558. The van der Waals surface area contributed by atoms with Crippen molar-refractivity contribution in [1.82, 2.24) is 30.6 Å². The van der Waals surface area contributed by atoms with Gasteiger partial charge in [-0.1, -0.05) is 0 Å². The van der Waals surface area contributed by atoms with E-state index in [2.05, 4.69) is 31.1 Å². The Kier molecular flexibility index (Phi) is 20.5. The van der Waals surface area contributed by atoms with Crippen molar-refractivity contribution in [2.45, 2.75) is 80.4 Å². The first-order chi connectivity index (χ1) is 37.1. The smallest absolute Gasteiger partial charge is 0.319 e. The van der Waals surface area contributed by atoms with Crippen LogP contribution in [0.2, 0.25) is 0 Å². The summed E-state index contributed by atoms with van der Waals surface area (Å²) in [4.78, 5) is 47.3. The Morgan fingerprint density at radius 2 is 1.06 bits per heavy atom. The molecule has 2 atom stereocenters. The minimum atomic E-state index is -3.70. The zero-order valence-electron chi connectivity index (χ0n) is 43.9. The zero-order chi connectivity index (χ0) is 55.1. The monoisotopic (exact) mass is 1110 g/mol. The number of rotatable bonds is 18. The maximum Gasteiger partial charge on any atom is 0.319 e. The Labute approximate surface area is 450 Å². The molecule has 2 aromatic carbocycles. The summed E-state index contributed by atoms with van der Waals surface area (Å²) in [7, 11) is -5.83. The van der Waals surface area contributed by atoms with Crippen molar-refractivity contribution in [2.24, 2.45) is 0 Å². The van der Waals surface area contributed by atoms with Gasteiger partial charge in [-0.3, -0.25) is 0 Å². The van der Waals surface area contributed by atoms with E-state index < -0.39 is 35.2 Å². The van der Waals surface area contributed by atoms with Crippen molar-refractivity contribution in [3.8, 4) is 28.8 Å². The van der Waals surface area contributed by atoms with Crippen molar-refractivity contribution in [1.29, 1.82) is 5.26 Å². The maximum absolute atomic E-state index is 13.8. The molecule has 418 valence electrons. The van der Waals surface area contributed by atoms with Gasteiger partial charge in [-0.05, 0) is 101 Å². The third-order valence-electron chi connectivity index (χ3n) is 14.2. The van der Waals surface area contributed by atoms with Crippen LogP contribution in [0.25, 0.3) is 22.8 Å². The van der Waals surface area contributed by atoms with E-state index in [1.165, 1.54) is 7.05 Å². The Bertz CT molecular complexity index is 2880. The van der Waals surface area contributed by atoms with E-state index in [9.17, 15) is 36.6 Å². The molecule has 4 aliphatic heterocycles. The van der Waals surface area contributed by atoms with Gasteiger partial charge in [-0.15, -0.1) is 0 Å². The SMILES string of the molecule is CNC(=O)Nc1ccc(-c2nc(N3CCOC[C@@H]3C)cc(C3(S(=O)(=O)CCCO)CCOCC3)n2)cc1.C[C@H]1COCCN1c1cc(C2(S(=O)(=O)CCCO)CCOCC2)nc(-c2ccc(NC(=O)NCCC#N)cc2)n1. The number of nitrogens with zero attached hydrogens (tertiary/aromatic N) is 7. The molecule has 2 aromatic heterocycles. The average molecular weight is 1110 g/mol. The van der Waals surface area contributed by atoms with Gasteiger partial charge in [0.2, 0.25) is 0 Å². The predicted molar refractivity (Wildman–Crippen MR) is 290 cm³/mol. The van der Waals surface area contributed by atoms with Crippen molar-refractivity contribution in [3.63, 3.8) is 0 Å². The molecule has 0 radical (unpaired) electrons. The average Bonchev–Trinajstić information content (AvgIpc) is 3.47. The summed E-state index contributed by atoms with van der Waals surface area (Å²) in [6, 6.07) is 19.0. The first kappa shape index (κ1) is 58.6. The standard InChI is InChI=1S/C27H36N6O6S.C25H35N5O6S/c1-20-19-39-16-12-33(20)24-18-23(27(8-14-38-15-9-27)40(36,37)17-3-13-34)31-25(32-24)21-4-6-22(7-5-21)30-26(35)29-11-2-10-28;1-18-17-36-14-10-30(18)22-16-21(25(8-12-35-13-9-25)37(33,34)15-3-11-31)28-23(29-22)19-4-6-20(7-5-19)27-24(32)26-2/h4-7,18,20,34H,2-3,8-9,11-17,19H2,1H3,(H2,29,30,35);4-7,16,18,31H,3,8-15,17H2,1-2H3,(H2,26,27,32)/t20-;18-/m00/s1. The Morgan fingerprint density at radius 3 is 1.44 bits per heavy atom. The zero-order valence-corrected chi connectivity index (χ0v) is 45.5. The number of carbonyl (C=O) groups excluding carboxylic acids is 2. The van der Waals surface area contributed by atoms with Gasteiger partial charge in [-0.25, -0.2) is 46.4 Å². The number of hydrogen-bond donors (Lipinski definition) is 6. The number of urea groups is 2. The van der Waals surface area contributed by atoms with Crippen LogP contribution in [0.3, 0.4) is 0 Å². The molecule has 0 saturated carbocycles. The van der Waals surface area contributed by atoms with Crippen LogP contribution in [0.5, 0.6) is 0 Å². The van der Waals surface area contributed by atoms with E-state index in [0.29, 0.717) is 110 Å². The molecule has 6 N–H and O–H groups in total. The first-order valence-electron chi connectivity index (χ1n) is 26.0. The highest BCUT2D eigenvalue weighted by Crippen LogP contribution is 2.44. The summed E-state index contributed by atoms with van der Waals surface area (Å²) >= 11 is 0. The molecule has 8 rings (SSSR count). The highest BCUT2D eigenvalue weighted by atomic mass is 32.2. The van der Waals surface area contributed by atoms with Gasteiger partial charge in [-0.2, -0.15) is 5.26 Å². The molecule has 0 spiro atoms. The van der Waals surface area contributed by atoms with E-state index in [1.54, 1.807) is 60.7 Å². The highest BCUT2D eigenvalue weighted by Gasteiger charge is 2.49. The number of aromatic nitrogens is 4.